The van der Waals surface area contributed by atoms with Gasteiger partial charge in [0.05, 0.1) is 26.2 Å². The molecule has 23 heavy (non-hydrogen) atoms. The van der Waals surface area contributed by atoms with Crippen molar-refractivity contribution in [3.05, 3.63) is 0 Å². The molecule has 0 bridgehead atoms. The third-order valence-electron chi connectivity index (χ3n) is 2.17. The van der Waals surface area contributed by atoms with Crippen molar-refractivity contribution in [2.75, 3.05) is 39.3 Å². The predicted octanol–water partition coefficient (Wildman–Crippen LogP) is -4.38. The largest absolute Gasteiger partial charge is 1.00 e. The zero-order chi connectivity index (χ0) is 17.7. The van der Waals surface area contributed by atoms with Crippen molar-refractivity contribution < 1.29 is 108 Å². The van der Waals surface area contributed by atoms with E-state index in [4.69, 9.17) is 20.4 Å². The fraction of sp³-hybridized carbons (Fsp3) is 0.600. The van der Waals surface area contributed by atoms with E-state index in [9.17, 15) is 19.2 Å². The first-order valence-corrected chi connectivity index (χ1v) is 7.89. The summed E-state index contributed by atoms with van der Waals surface area (Å²) in [7, 11) is 4.57. The Morgan fingerprint density at radius 2 is 0.826 bits per heavy atom. The Morgan fingerprint density at radius 1 is 0.652 bits per heavy atom. The maximum Gasteiger partial charge on any atom is 1.00 e. The summed E-state index contributed by atoms with van der Waals surface area (Å²) < 4.78 is 0. The van der Waals surface area contributed by atoms with Crippen LogP contribution in [0.4, 0.5) is 0 Å². The second-order valence-corrected chi connectivity index (χ2v) is 4.00. The molecule has 0 amide bonds. The predicted molar refractivity (Wildman–Crippen MR) is 69.3 cm³/mol. The van der Waals surface area contributed by atoms with E-state index in [0.29, 0.717) is 0 Å². The molecule has 0 aromatic heterocycles. The molecule has 0 rings (SSSR count). The molecule has 0 spiro atoms. The SMILES string of the molecule is O=C(O)CN(CCN(CC(=O)O)CC(=O)O)CC(=O)O.[Cl][Ru].[K+]. The van der Waals surface area contributed by atoms with Crippen molar-refractivity contribution >= 4 is 33.6 Å². The summed E-state index contributed by atoms with van der Waals surface area (Å²) in [6.45, 7) is -2.25. The van der Waals surface area contributed by atoms with E-state index >= 15 is 0 Å². The van der Waals surface area contributed by atoms with Gasteiger partial charge in [0.1, 0.15) is 0 Å². The Balaban J connectivity index is -0.00000128. The summed E-state index contributed by atoms with van der Waals surface area (Å²) in [6.07, 6.45) is 0. The number of carboxylic acids is 4. The maximum absolute atomic E-state index is 10.6. The summed E-state index contributed by atoms with van der Waals surface area (Å²) in [5.74, 6) is -4.91. The first kappa shape index (κ1) is 28.2. The van der Waals surface area contributed by atoms with Gasteiger partial charge in [0.15, 0.2) is 0 Å². The van der Waals surface area contributed by atoms with Crippen LogP contribution in [0.15, 0.2) is 0 Å². The average Bonchev–Trinajstić information content (AvgIpc) is 2.35. The molecule has 0 saturated carbocycles. The van der Waals surface area contributed by atoms with Crippen LogP contribution in [0.1, 0.15) is 0 Å². The molecule has 0 aromatic rings. The van der Waals surface area contributed by atoms with Gasteiger partial charge >= 0.3 is 102 Å². The van der Waals surface area contributed by atoms with Crippen molar-refractivity contribution in [2.45, 2.75) is 0 Å². The number of aliphatic carboxylic acids is 4. The molecular weight excluding hydrogens is 452 g/mol. The zero-order valence-electron chi connectivity index (χ0n) is 12.3. The van der Waals surface area contributed by atoms with Gasteiger partial charge < -0.3 is 20.4 Å². The average molecular weight is 468 g/mol. The Bertz CT molecular complexity index is 333. The number of rotatable bonds is 11. The molecule has 0 radical (unpaired) electrons. The van der Waals surface area contributed by atoms with Gasteiger partial charge in [-0.15, -0.1) is 0 Å². The van der Waals surface area contributed by atoms with E-state index in [1.54, 1.807) is 0 Å². The Hall–Kier alpha value is 0.350. The van der Waals surface area contributed by atoms with E-state index < -0.39 is 50.1 Å². The van der Waals surface area contributed by atoms with Crippen LogP contribution in [0.2, 0.25) is 0 Å². The summed E-state index contributed by atoms with van der Waals surface area (Å²) in [5.41, 5.74) is 0. The van der Waals surface area contributed by atoms with Gasteiger partial charge in [-0.3, -0.25) is 29.0 Å². The minimum Gasteiger partial charge on any atom is 1.00 e. The van der Waals surface area contributed by atoms with Gasteiger partial charge in [0.25, 0.3) is 0 Å². The fourth-order valence-electron chi connectivity index (χ4n) is 1.48. The van der Waals surface area contributed by atoms with Crippen LogP contribution in [0.25, 0.3) is 0 Å². The van der Waals surface area contributed by atoms with E-state index in [2.05, 4.69) is 9.69 Å². The summed E-state index contributed by atoms with van der Waals surface area (Å²) in [6, 6.07) is 0. The molecule has 4 N–H and O–H groups in total. The molecule has 0 aliphatic rings. The second-order valence-electron chi connectivity index (χ2n) is 4.00. The summed E-state index contributed by atoms with van der Waals surface area (Å²) in [4.78, 5) is 44.4. The van der Waals surface area contributed by atoms with E-state index in [1.165, 1.54) is 0 Å². The summed E-state index contributed by atoms with van der Waals surface area (Å²) >= 11 is 1.82. The molecule has 129 valence electrons. The number of hydrogen-bond acceptors (Lipinski definition) is 6. The Labute approximate surface area is 188 Å². The van der Waals surface area contributed by atoms with E-state index in [1.807, 2.05) is 17.3 Å². The zero-order valence-corrected chi connectivity index (χ0v) is 17.9. The van der Waals surface area contributed by atoms with Crippen LogP contribution in [0.5, 0.6) is 0 Å². The number of carbonyl (C=O) groups is 4. The molecule has 0 aromatic carbocycles. The smallest absolute Gasteiger partial charge is 1.00 e. The second kappa shape index (κ2) is 17.2. The quantitative estimate of drug-likeness (QED) is 0.219. The topological polar surface area (TPSA) is 156 Å². The van der Waals surface area contributed by atoms with Crippen LogP contribution >= 0.6 is 9.69 Å². The normalized spacial score (nSPS) is 9.57. The van der Waals surface area contributed by atoms with E-state index in [-0.39, 0.29) is 64.5 Å². The molecule has 0 aliphatic carbocycles. The van der Waals surface area contributed by atoms with Crippen molar-refractivity contribution in [1.29, 1.82) is 0 Å². The van der Waals surface area contributed by atoms with Crippen LogP contribution in [0, 0.1) is 0 Å². The van der Waals surface area contributed by atoms with Crippen LogP contribution in [0.3, 0.4) is 0 Å². The van der Waals surface area contributed by atoms with Crippen LogP contribution < -0.4 is 51.4 Å². The molecule has 0 saturated heterocycles. The molecule has 0 fully saturated rings. The third kappa shape index (κ3) is 20.3. The Kier molecular flexibility index (Phi) is 21.0. The first-order chi connectivity index (χ1) is 10.2. The fourth-order valence-corrected chi connectivity index (χ4v) is 1.48. The van der Waals surface area contributed by atoms with Gasteiger partial charge in [0, 0.05) is 13.1 Å². The summed E-state index contributed by atoms with van der Waals surface area (Å²) in [5, 5.41) is 34.5. The van der Waals surface area contributed by atoms with E-state index in [0.717, 1.165) is 9.80 Å². The number of halogens is 1. The van der Waals surface area contributed by atoms with Crippen LogP contribution in [-0.4, -0.2) is 93.4 Å². The molecule has 0 aliphatic heterocycles. The minimum absolute atomic E-state index is 0. The van der Waals surface area contributed by atoms with Gasteiger partial charge in [-0.2, -0.15) is 0 Å². The number of carboxylic acid groups (broad SMARTS) is 4. The third-order valence-corrected chi connectivity index (χ3v) is 2.17. The van der Waals surface area contributed by atoms with Gasteiger partial charge in [-0.25, -0.2) is 0 Å². The maximum atomic E-state index is 10.6. The van der Waals surface area contributed by atoms with Crippen molar-refractivity contribution in [3.63, 3.8) is 0 Å². The molecule has 0 atom stereocenters. The standard InChI is InChI=1S/C10H16N2O8.ClH.K.Ru/c13-7(14)3-11(4-8(15)16)1-2-12(5-9(17)18)6-10(19)20;;;/h1-6H2,(H,13,14)(H,15,16)(H,17,18)(H,19,20);1H;;/q;;2*+1/p-1. The number of hydrogen-bond donors (Lipinski definition) is 4. The van der Waals surface area contributed by atoms with Gasteiger partial charge in [0.2, 0.25) is 0 Å². The minimum atomic E-state index is -1.23. The van der Waals surface area contributed by atoms with Crippen molar-refractivity contribution in [3.8, 4) is 0 Å². The first-order valence-electron chi connectivity index (χ1n) is 5.66. The van der Waals surface area contributed by atoms with Crippen LogP contribution in [-0.2, 0) is 36.5 Å². The van der Waals surface area contributed by atoms with Gasteiger partial charge in [-0.1, -0.05) is 0 Å². The van der Waals surface area contributed by atoms with Crippen molar-refractivity contribution in [1.82, 2.24) is 9.80 Å². The molecule has 13 heteroatoms. The molecular formula is C10H16ClKN2O8Ru+. The monoisotopic (exact) mass is 468 g/mol. The number of nitrogens with zero attached hydrogens (tertiary/aromatic N) is 2. The molecule has 0 unspecified atom stereocenters. The molecule has 0 heterocycles. The van der Waals surface area contributed by atoms with Crippen molar-refractivity contribution in [2.24, 2.45) is 0 Å². The molecule has 10 nitrogen and oxygen atoms in total. The Morgan fingerprint density at radius 3 is 0.957 bits per heavy atom. The van der Waals surface area contributed by atoms with Gasteiger partial charge in [-0.05, 0) is 0 Å².